The fourth-order valence-corrected chi connectivity index (χ4v) is 3.83. The summed E-state index contributed by atoms with van der Waals surface area (Å²) in [6, 6.07) is 7.88. The Hall–Kier alpha value is -1.57. The van der Waals surface area contributed by atoms with Crippen LogP contribution in [0.4, 0.5) is 0 Å². The summed E-state index contributed by atoms with van der Waals surface area (Å²) in [7, 11) is -3.71. The molecule has 2 rings (SSSR count). The van der Waals surface area contributed by atoms with Crippen LogP contribution in [0.5, 0.6) is 0 Å². The van der Waals surface area contributed by atoms with Crippen LogP contribution in [0.3, 0.4) is 0 Å². The van der Waals surface area contributed by atoms with Crippen molar-refractivity contribution in [3.63, 3.8) is 0 Å². The van der Waals surface area contributed by atoms with Gasteiger partial charge in [-0.25, -0.2) is 13.1 Å². The fraction of sp³-hybridized carbons (Fsp3) is 0.286. The predicted octanol–water partition coefficient (Wildman–Crippen LogP) is 1.97. The van der Waals surface area contributed by atoms with Crippen molar-refractivity contribution in [1.82, 2.24) is 9.71 Å². The van der Waals surface area contributed by atoms with Gasteiger partial charge in [0, 0.05) is 11.6 Å². The molecule has 2 aromatic rings. The number of thiocarbonyl (C=S) groups is 1. The van der Waals surface area contributed by atoms with Gasteiger partial charge in [-0.3, -0.25) is 4.98 Å². The summed E-state index contributed by atoms with van der Waals surface area (Å²) in [6.07, 6.45) is 2.97. The van der Waals surface area contributed by atoms with E-state index in [0.29, 0.717) is 17.3 Å². The van der Waals surface area contributed by atoms with E-state index in [1.165, 1.54) is 0 Å². The van der Waals surface area contributed by atoms with E-state index in [1.807, 2.05) is 6.92 Å². The lowest BCUT2D eigenvalue weighted by molar-refractivity contribution is 0.568. The summed E-state index contributed by atoms with van der Waals surface area (Å²) >= 11 is 4.93. The van der Waals surface area contributed by atoms with Gasteiger partial charge in [0.15, 0.2) is 0 Å². The Bertz CT molecular complexity index is 754. The summed E-state index contributed by atoms with van der Waals surface area (Å²) in [5, 5.41) is 0.575. The molecule has 1 aromatic carbocycles. The maximum Gasteiger partial charge on any atom is 0.241 e. The van der Waals surface area contributed by atoms with Gasteiger partial charge in [-0.15, -0.1) is 0 Å². The summed E-state index contributed by atoms with van der Waals surface area (Å²) in [6.45, 7) is 1.95. The standard InChI is InChI=1S/C14H17N3O2S2/c1-2-5-12(14(15)20)17-21(18,19)13-8-3-7-11-10(13)6-4-9-16-11/h3-4,6-9,12,17H,2,5H2,1H3,(H2,15,20). The highest BCUT2D eigenvalue weighted by molar-refractivity contribution is 7.90. The molecule has 112 valence electrons. The van der Waals surface area contributed by atoms with Crippen molar-refractivity contribution < 1.29 is 8.42 Å². The zero-order chi connectivity index (χ0) is 15.5. The molecule has 5 nitrogen and oxygen atoms in total. The number of nitrogens with zero attached hydrogens (tertiary/aromatic N) is 1. The van der Waals surface area contributed by atoms with Gasteiger partial charge in [0.25, 0.3) is 0 Å². The maximum absolute atomic E-state index is 12.6. The van der Waals surface area contributed by atoms with Gasteiger partial charge in [-0.05, 0) is 30.7 Å². The SMILES string of the molecule is CCCC(NS(=O)(=O)c1cccc2ncccc12)C(N)=S. The molecule has 21 heavy (non-hydrogen) atoms. The first kappa shape index (κ1) is 15.8. The molecule has 0 amide bonds. The molecule has 0 radical (unpaired) electrons. The van der Waals surface area contributed by atoms with Gasteiger partial charge in [-0.1, -0.05) is 31.6 Å². The van der Waals surface area contributed by atoms with E-state index >= 15 is 0 Å². The second kappa shape index (κ2) is 6.46. The second-order valence-corrected chi connectivity index (χ2v) is 6.84. The van der Waals surface area contributed by atoms with Gasteiger partial charge in [0.2, 0.25) is 10.0 Å². The van der Waals surface area contributed by atoms with Crippen LogP contribution in [0, 0.1) is 0 Å². The smallest absolute Gasteiger partial charge is 0.241 e. The summed E-state index contributed by atoms with van der Waals surface area (Å²) in [5.74, 6) is 0. The quantitative estimate of drug-likeness (QED) is 0.794. The first-order valence-electron chi connectivity index (χ1n) is 6.61. The van der Waals surface area contributed by atoms with Crippen molar-refractivity contribution in [2.45, 2.75) is 30.7 Å². The first-order chi connectivity index (χ1) is 9.95. The topological polar surface area (TPSA) is 85.1 Å². The van der Waals surface area contributed by atoms with Crippen molar-refractivity contribution in [3.05, 3.63) is 36.5 Å². The van der Waals surface area contributed by atoms with Crippen LogP contribution in [0.15, 0.2) is 41.4 Å². The molecule has 0 aliphatic rings. The van der Waals surface area contributed by atoms with Crippen LogP contribution in [0.2, 0.25) is 0 Å². The van der Waals surface area contributed by atoms with Gasteiger partial charge < -0.3 is 5.73 Å². The number of nitrogens with one attached hydrogen (secondary N) is 1. The molecule has 0 aliphatic carbocycles. The molecule has 1 unspecified atom stereocenters. The molecule has 0 saturated heterocycles. The van der Waals surface area contributed by atoms with Gasteiger partial charge in [0.1, 0.15) is 0 Å². The lowest BCUT2D eigenvalue weighted by atomic mass is 10.2. The number of rotatable bonds is 6. The third kappa shape index (κ3) is 3.55. The van der Waals surface area contributed by atoms with E-state index in [9.17, 15) is 8.42 Å². The Morgan fingerprint density at radius 2 is 2.14 bits per heavy atom. The average molecular weight is 323 g/mol. The van der Waals surface area contributed by atoms with Crippen molar-refractivity contribution in [3.8, 4) is 0 Å². The van der Waals surface area contributed by atoms with Gasteiger partial charge in [0.05, 0.1) is 21.4 Å². The van der Waals surface area contributed by atoms with Crippen LogP contribution >= 0.6 is 12.2 Å². The Morgan fingerprint density at radius 3 is 2.81 bits per heavy atom. The lowest BCUT2D eigenvalue weighted by Gasteiger charge is -2.17. The van der Waals surface area contributed by atoms with Crippen molar-refractivity contribution in [2.75, 3.05) is 0 Å². The molecule has 0 aliphatic heterocycles. The predicted molar refractivity (Wildman–Crippen MR) is 87.5 cm³/mol. The van der Waals surface area contributed by atoms with Crippen molar-refractivity contribution in [2.24, 2.45) is 5.73 Å². The molecule has 1 atom stereocenters. The van der Waals surface area contributed by atoms with E-state index < -0.39 is 16.1 Å². The lowest BCUT2D eigenvalue weighted by Crippen LogP contribution is -2.43. The largest absolute Gasteiger partial charge is 0.392 e. The summed E-state index contributed by atoms with van der Waals surface area (Å²) in [4.78, 5) is 4.50. The molecule has 3 N–H and O–H groups in total. The minimum absolute atomic E-state index is 0.152. The molecule has 1 aromatic heterocycles. The zero-order valence-electron chi connectivity index (χ0n) is 11.6. The van der Waals surface area contributed by atoms with E-state index in [1.54, 1.807) is 36.5 Å². The summed E-state index contributed by atoms with van der Waals surface area (Å²) in [5.41, 5.74) is 6.24. The van der Waals surface area contributed by atoms with Crippen LogP contribution in [-0.2, 0) is 10.0 Å². The molecular weight excluding hydrogens is 306 g/mol. The maximum atomic E-state index is 12.6. The third-order valence-electron chi connectivity index (χ3n) is 3.11. The van der Waals surface area contributed by atoms with Crippen LogP contribution in [0.1, 0.15) is 19.8 Å². The fourth-order valence-electron chi connectivity index (χ4n) is 2.11. The summed E-state index contributed by atoms with van der Waals surface area (Å²) < 4.78 is 27.7. The van der Waals surface area contributed by atoms with Crippen molar-refractivity contribution in [1.29, 1.82) is 0 Å². The number of pyridine rings is 1. The molecular formula is C14H17N3O2S2. The van der Waals surface area contributed by atoms with Crippen molar-refractivity contribution >= 4 is 38.1 Å². The number of sulfonamides is 1. The monoisotopic (exact) mass is 323 g/mol. The zero-order valence-corrected chi connectivity index (χ0v) is 13.2. The van der Waals surface area contributed by atoms with Crippen LogP contribution in [-0.4, -0.2) is 24.4 Å². The number of hydrogen-bond donors (Lipinski definition) is 2. The van der Waals surface area contributed by atoms with Gasteiger partial charge in [-0.2, -0.15) is 0 Å². The molecule has 0 fully saturated rings. The second-order valence-electron chi connectivity index (χ2n) is 4.69. The van der Waals surface area contributed by atoms with E-state index in [2.05, 4.69) is 9.71 Å². The third-order valence-corrected chi connectivity index (χ3v) is 4.93. The Morgan fingerprint density at radius 1 is 1.38 bits per heavy atom. The molecule has 0 saturated carbocycles. The number of hydrogen-bond acceptors (Lipinski definition) is 4. The number of fused-ring (bicyclic) bond motifs is 1. The Labute approximate surface area is 129 Å². The highest BCUT2D eigenvalue weighted by atomic mass is 32.2. The highest BCUT2D eigenvalue weighted by Gasteiger charge is 2.23. The molecule has 0 bridgehead atoms. The Balaban J connectivity index is 2.44. The molecule has 0 spiro atoms. The van der Waals surface area contributed by atoms with E-state index in [4.69, 9.17) is 18.0 Å². The minimum Gasteiger partial charge on any atom is -0.392 e. The number of nitrogens with two attached hydrogens (primary N) is 1. The normalized spacial score (nSPS) is 13.2. The first-order valence-corrected chi connectivity index (χ1v) is 8.50. The number of aromatic nitrogens is 1. The van der Waals surface area contributed by atoms with Gasteiger partial charge >= 0.3 is 0 Å². The molecule has 7 heteroatoms. The van der Waals surface area contributed by atoms with E-state index in [-0.39, 0.29) is 9.88 Å². The van der Waals surface area contributed by atoms with E-state index in [0.717, 1.165) is 6.42 Å². The van der Waals surface area contributed by atoms with Crippen LogP contribution < -0.4 is 10.5 Å². The highest BCUT2D eigenvalue weighted by Crippen LogP contribution is 2.21. The van der Waals surface area contributed by atoms with Crippen LogP contribution in [0.25, 0.3) is 10.9 Å². The average Bonchev–Trinajstić information content (AvgIpc) is 2.46. The number of benzene rings is 1. The molecule has 1 heterocycles. The Kier molecular flexibility index (Phi) is 4.87. The minimum atomic E-state index is -3.71.